The summed E-state index contributed by atoms with van der Waals surface area (Å²) in [6, 6.07) is 6.40. The summed E-state index contributed by atoms with van der Waals surface area (Å²) in [7, 11) is 0. The summed E-state index contributed by atoms with van der Waals surface area (Å²) >= 11 is 5.82. The molecule has 0 radical (unpaired) electrons. The highest BCUT2D eigenvalue weighted by atomic mass is 35.5. The lowest BCUT2D eigenvalue weighted by Crippen LogP contribution is -2.04. The third-order valence-corrected chi connectivity index (χ3v) is 2.98. The van der Waals surface area contributed by atoms with Crippen molar-refractivity contribution in [3.63, 3.8) is 0 Å². The lowest BCUT2D eigenvalue weighted by atomic mass is 10.1. The van der Waals surface area contributed by atoms with Gasteiger partial charge in [-0.3, -0.25) is 0 Å². The van der Waals surface area contributed by atoms with Gasteiger partial charge in [-0.05, 0) is 36.8 Å². The smallest absolute Gasteiger partial charge is 0.335 e. The molecule has 104 valence electrons. The van der Waals surface area contributed by atoms with Crippen molar-refractivity contribution >= 4 is 28.9 Å². The molecular formula is C14H10ClF2NO2. The molecule has 2 rings (SSSR count). The zero-order chi connectivity index (χ0) is 14.9. The van der Waals surface area contributed by atoms with Crippen LogP contribution in [-0.2, 0) is 0 Å². The van der Waals surface area contributed by atoms with Crippen LogP contribution in [0.4, 0.5) is 20.2 Å². The molecule has 20 heavy (non-hydrogen) atoms. The first-order valence-electron chi connectivity index (χ1n) is 5.64. The third-order valence-electron chi connectivity index (χ3n) is 2.75. The molecule has 0 unspecified atom stereocenters. The Bertz CT molecular complexity index is 666. The van der Waals surface area contributed by atoms with E-state index in [0.29, 0.717) is 10.7 Å². The Balaban J connectivity index is 2.44. The fourth-order valence-corrected chi connectivity index (χ4v) is 1.85. The summed E-state index contributed by atoms with van der Waals surface area (Å²) in [6.07, 6.45) is 0. The first kappa shape index (κ1) is 14.3. The molecule has 2 aromatic carbocycles. The van der Waals surface area contributed by atoms with Gasteiger partial charge in [0.2, 0.25) is 0 Å². The predicted octanol–water partition coefficient (Wildman–Crippen LogP) is 4.37. The van der Waals surface area contributed by atoms with Gasteiger partial charge in [-0.15, -0.1) is 0 Å². The van der Waals surface area contributed by atoms with Gasteiger partial charge in [-0.1, -0.05) is 17.7 Å². The Kier molecular flexibility index (Phi) is 3.90. The maximum absolute atomic E-state index is 13.8. The molecule has 2 N–H and O–H groups in total. The normalized spacial score (nSPS) is 10.4. The zero-order valence-corrected chi connectivity index (χ0v) is 11.1. The molecule has 0 spiro atoms. The molecule has 6 heteroatoms. The maximum atomic E-state index is 13.8. The average Bonchev–Trinajstić information content (AvgIpc) is 2.37. The molecule has 0 aliphatic carbocycles. The SMILES string of the molecule is Cc1ccc(Cl)cc1Nc1c(F)cc(C(=O)O)cc1F. The van der Waals surface area contributed by atoms with Gasteiger partial charge in [0.25, 0.3) is 0 Å². The van der Waals surface area contributed by atoms with Gasteiger partial charge in [0.05, 0.1) is 5.56 Å². The van der Waals surface area contributed by atoms with E-state index in [2.05, 4.69) is 5.32 Å². The van der Waals surface area contributed by atoms with Crippen molar-refractivity contribution in [1.82, 2.24) is 0 Å². The topological polar surface area (TPSA) is 49.3 Å². The van der Waals surface area contributed by atoms with E-state index in [-0.39, 0.29) is 0 Å². The van der Waals surface area contributed by atoms with E-state index in [9.17, 15) is 13.6 Å². The predicted molar refractivity (Wildman–Crippen MR) is 72.8 cm³/mol. The number of carboxylic acid groups (broad SMARTS) is 1. The van der Waals surface area contributed by atoms with Crippen molar-refractivity contribution in [1.29, 1.82) is 0 Å². The maximum Gasteiger partial charge on any atom is 0.335 e. The summed E-state index contributed by atoms with van der Waals surface area (Å²) in [6.45, 7) is 1.75. The van der Waals surface area contributed by atoms with E-state index in [1.165, 1.54) is 6.07 Å². The number of aryl methyl sites for hydroxylation is 1. The number of aromatic carboxylic acids is 1. The minimum atomic E-state index is -1.40. The van der Waals surface area contributed by atoms with Crippen molar-refractivity contribution in [3.8, 4) is 0 Å². The number of anilines is 2. The van der Waals surface area contributed by atoms with Crippen molar-refractivity contribution in [2.75, 3.05) is 5.32 Å². The second kappa shape index (κ2) is 5.46. The van der Waals surface area contributed by atoms with Crippen molar-refractivity contribution in [3.05, 3.63) is 58.1 Å². The van der Waals surface area contributed by atoms with Crippen LogP contribution in [0.1, 0.15) is 15.9 Å². The minimum Gasteiger partial charge on any atom is -0.478 e. The molecule has 0 aromatic heterocycles. The number of carbonyl (C=O) groups is 1. The molecule has 0 atom stereocenters. The van der Waals surface area contributed by atoms with E-state index < -0.39 is 28.9 Å². The number of benzene rings is 2. The first-order valence-corrected chi connectivity index (χ1v) is 6.02. The molecule has 0 bridgehead atoms. The van der Waals surface area contributed by atoms with Crippen LogP contribution in [-0.4, -0.2) is 11.1 Å². The number of halogens is 3. The molecule has 2 aromatic rings. The van der Waals surface area contributed by atoms with E-state index in [0.717, 1.165) is 17.7 Å². The molecule has 3 nitrogen and oxygen atoms in total. The number of nitrogens with one attached hydrogen (secondary N) is 1. The van der Waals surface area contributed by atoms with Crippen LogP contribution < -0.4 is 5.32 Å². The highest BCUT2D eigenvalue weighted by Crippen LogP contribution is 2.28. The zero-order valence-electron chi connectivity index (χ0n) is 10.4. The monoisotopic (exact) mass is 297 g/mol. The van der Waals surface area contributed by atoms with Gasteiger partial charge in [0.15, 0.2) is 11.6 Å². The summed E-state index contributed by atoms with van der Waals surface area (Å²) in [4.78, 5) is 10.7. The second-order valence-corrected chi connectivity index (χ2v) is 4.64. The van der Waals surface area contributed by atoms with Gasteiger partial charge in [-0.25, -0.2) is 13.6 Å². The van der Waals surface area contributed by atoms with Crippen molar-refractivity contribution in [2.45, 2.75) is 6.92 Å². The molecule has 0 saturated carbocycles. The second-order valence-electron chi connectivity index (χ2n) is 4.20. The van der Waals surface area contributed by atoms with E-state index in [4.69, 9.17) is 16.7 Å². The molecule has 0 amide bonds. The van der Waals surface area contributed by atoms with Crippen LogP contribution in [0.25, 0.3) is 0 Å². The first-order chi connectivity index (χ1) is 9.38. The molecular weight excluding hydrogens is 288 g/mol. The number of hydrogen-bond donors (Lipinski definition) is 2. The quantitative estimate of drug-likeness (QED) is 0.884. The Labute approximate surface area is 118 Å². The fourth-order valence-electron chi connectivity index (χ4n) is 1.68. The Morgan fingerprint density at radius 2 is 1.80 bits per heavy atom. The van der Waals surface area contributed by atoms with Crippen LogP contribution >= 0.6 is 11.6 Å². The number of carboxylic acids is 1. The van der Waals surface area contributed by atoms with Gasteiger partial charge >= 0.3 is 5.97 Å². The van der Waals surface area contributed by atoms with Crippen LogP contribution in [0.5, 0.6) is 0 Å². The summed E-state index contributed by atoms with van der Waals surface area (Å²) in [5, 5.41) is 11.7. The Morgan fingerprint density at radius 3 is 2.35 bits per heavy atom. The van der Waals surface area contributed by atoms with Crippen LogP contribution in [0.15, 0.2) is 30.3 Å². The number of hydrogen-bond acceptors (Lipinski definition) is 2. The van der Waals surface area contributed by atoms with Crippen molar-refractivity contribution < 1.29 is 18.7 Å². The van der Waals surface area contributed by atoms with Gasteiger partial charge in [0.1, 0.15) is 5.69 Å². The molecule has 0 aliphatic rings. The Hall–Kier alpha value is -2.14. The lowest BCUT2D eigenvalue weighted by Gasteiger charge is -2.12. The summed E-state index contributed by atoms with van der Waals surface area (Å²) < 4.78 is 27.6. The molecule has 0 saturated heterocycles. The van der Waals surface area contributed by atoms with Gasteiger partial charge < -0.3 is 10.4 Å². The van der Waals surface area contributed by atoms with Gasteiger partial charge in [-0.2, -0.15) is 0 Å². The van der Waals surface area contributed by atoms with Crippen LogP contribution in [0.3, 0.4) is 0 Å². The molecule has 0 heterocycles. The van der Waals surface area contributed by atoms with Crippen molar-refractivity contribution in [2.24, 2.45) is 0 Å². The third kappa shape index (κ3) is 2.88. The van der Waals surface area contributed by atoms with Crippen LogP contribution in [0.2, 0.25) is 5.02 Å². The number of rotatable bonds is 3. The van der Waals surface area contributed by atoms with E-state index >= 15 is 0 Å². The van der Waals surface area contributed by atoms with E-state index in [1.54, 1.807) is 19.1 Å². The highest BCUT2D eigenvalue weighted by Gasteiger charge is 2.15. The molecule has 0 fully saturated rings. The highest BCUT2D eigenvalue weighted by molar-refractivity contribution is 6.30. The summed E-state index contributed by atoms with van der Waals surface area (Å²) in [5.74, 6) is -3.36. The van der Waals surface area contributed by atoms with E-state index in [1.807, 2.05) is 0 Å². The molecule has 0 aliphatic heterocycles. The average molecular weight is 298 g/mol. The lowest BCUT2D eigenvalue weighted by molar-refractivity contribution is 0.0696. The summed E-state index contributed by atoms with van der Waals surface area (Å²) in [5.41, 5.74) is 0.322. The fraction of sp³-hybridized carbons (Fsp3) is 0.0714. The minimum absolute atomic E-state index is 0.416. The standard InChI is InChI=1S/C14H10ClF2NO2/c1-7-2-3-9(15)6-12(7)18-13-10(16)4-8(14(19)20)5-11(13)17/h2-6,18H,1H3,(H,19,20). The van der Waals surface area contributed by atoms with Crippen LogP contribution in [0, 0.1) is 18.6 Å². The largest absolute Gasteiger partial charge is 0.478 e. The Morgan fingerprint density at radius 1 is 1.20 bits per heavy atom. The van der Waals surface area contributed by atoms with Gasteiger partial charge in [0, 0.05) is 10.7 Å².